The molecule has 3 heterocycles. The maximum atomic E-state index is 13.9. The third kappa shape index (κ3) is 3.84. The summed E-state index contributed by atoms with van der Waals surface area (Å²) in [5, 5.41) is 6.74. The summed E-state index contributed by atoms with van der Waals surface area (Å²) in [5.41, 5.74) is 3.79. The van der Waals surface area contributed by atoms with Gasteiger partial charge < -0.3 is 5.32 Å². The number of nitrogens with zero attached hydrogens (tertiary/aromatic N) is 3. The first-order chi connectivity index (χ1) is 15.0. The molecule has 3 aliphatic heterocycles. The molecule has 2 unspecified atom stereocenters. The second kappa shape index (κ2) is 7.86. The van der Waals surface area contributed by atoms with Crippen molar-refractivity contribution in [2.75, 3.05) is 13.2 Å². The Hall–Kier alpha value is -3.10. The Kier molecular flexibility index (Phi) is 5.03. The van der Waals surface area contributed by atoms with Crippen molar-refractivity contribution >= 4 is 5.91 Å². The SMILES string of the molecule is O=C(NCc1c(F)cc(F)cc1F)C1=CN2C(=CC1)CN1Cc3ccccc3CN2C1. The molecular formula is C23H21F3N4O. The first-order valence-electron chi connectivity index (χ1n) is 10.1. The molecular weight excluding hydrogens is 405 g/mol. The van der Waals surface area contributed by atoms with E-state index in [4.69, 9.17) is 0 Å². The fourth-order valence-electron chi connectivity index (χ4n) is 4.29. The molecule has 1 fully saturated rings. The summed E-state index contributed by atoms with van der Waals surface area (Å²) in [6.45, 7) is 2.77. The summed E-state index contributed by atoms with van der Waals surface area (Å²) in [7, 11) is 0. The molecule has 0 saturated carbocycles. The van der Waals surface area contributed by atoms with Crippen molar-refractivity contribution in [2.24, 2.45) is 0 Å². The topological polar surface area (TPSA) is 38.8 Å². The lowest BCUT2D eigenvalue weighted by molar-refractivity contribution is -0.118. The minimum Gasteiger partial charge on any atom is -0.348 e. The van der Waals surface area contributed by atoms with Gasteiger partial charge in [-0.3, -0.25) is 14.7 Å². The van der Waals surface area contributed by atoms with Crippen molar-refractivity contribution in [3.8, 4) is 0 Å². The Bertz CT molecular complexity index is 1090. The molecule has 2 aromatic carbocycles. The predicted octanol–water partition coefficient (Wildman–Crippen LogP) is 3.40. The van der Waals surface area contributed by atoms with Crippen LogP contribution in [0.1, 0.15) is 23.1 Å². The third-order valence-corrected chi connectivity index (χ3v) is 5.87. The van der Waals surface area contributed by atoms with Crippen LogP contribution in [0.3, 0.4) is 0 Å². The molecule has 1 N–H and O–H groups in total. The number of rotatable bonds is 3. The molecule has 160 valence electrons. The molecule has 2 atom stereocenters. The highest BCUT2D eigenvalue weighted by molar-refractivity contribution is 5.93. The highest BCUT2D eigenvalue weighted by atomic mass is 19.1. The second-order valence-corrected chi connectivity index (χ2v) is 7.99. The number of benzene rings is 2. The minimum absolute atomic E-state index is 0.352. The Morgan fingerprint density at radius 3 is 2.45 bits per heavy atom. The van der Waals surface area contributed by atoms with E-state index >= 15 is 0 Å². The zero-order valence-electron chi connectivity index (χ0n) is 16.7. The number of hydrogen-bond acceptors (Lipinski definition) is 4. The van der Waals surface area contributed by atoms with Crippen LogP contribution in [0.25, 0.3) is 0 Å². The fourth-order valence-corrected chi connectivity index (χ4v) is 4.29. The molecule has 1 saturated heterocycles. The highest BCUT2D eigenvalue weighted by Gasteiger charge is 2.32. The van der Waals surface area contributed by atoms with Crippen LogP contribution in [0.5, 0.6) is 0 Å². The van der Waals surface area contributed by atoms with Gasteiger partial charge in [-0.25, -0.2) is 13.2 Å². The number of amides is 1. The van der Waals surface area contributed by atoms with Crippen molar-refractivity contribution in [3.05, 3.63) is 94.1 Å². The quantitative estimate of drug-likeness (QED) is 0.817. The molecule has 0 aliphatic carbocycles. The van der Waals surface area contributed by atoms with Crippen molar-refractivity contribution in [2.45, 2.75) is 26.1 Å². The third-order valence-electron chi connectivity index (χ3n) is 5.87. The maximum Gasteiger partial charge on any atom is 0.249 e. The highest BCUT2D eigenvalue weighted by Crippen LogP contribution is 2.31. The molecule has 1 amide bonds. The van der Waals surface area contributed by atoms with Gasteiger partial charge in [0.05, 0.1) is 6.67 Å². The molecule has 31 heavy (non-hydrogen) atoms. The van der Waals surface area contributed by atoms with E-state index < -0.39 is 23.4 Å². The Morgan fingerprint density at radius 2 is 1.71 bits per heavy atom. The largest absolute Gasteiger partial charge is 0.348 e. The lowest BCUT2D eigenvalue weighted by Gasteiger charge is -2.44. The average Bonchev–Trinajstić information content (AvgIpc) is 2.88. The van der Waals surface area contributed by atoms with Gasteiger partial charge in [0.1, 0.15) is 17.5 Å². The summed E-state index contributed by atoms with van der Waals surface area (Å²) >= 11 is 0. The van der Waals surface area contributed by atoms with Gasteiger partial charge in [0.25, 0.3) is 0 Å². The first-order valence-corrected chi connectivity index (χ1v) is 10.1. The molecule has 8 heteroatoms. The van der Waals surface area contributed by atoms with Gasteiger partial charge in [0.2, 0.25) is 5.91 Å². The van der Waals surface area contributed by atoms with Gasteiger partial charge in [-0.1, -0.05) is 30.3 Å². The molecule has 0 radical (unpaired) electrons. The van der Waals surface area contributed by atoms with E-state index in [2.05, 4.69) is 27.4 Å². The standard InChI is InChI=1S/C23H21F3N4O/c24-18-7-21(25)20(22(26)8-18)9-27-23(31)17-5-6-19-13-28-10-15-3-1-2-4-16(15)11-29(14-28)30(19)12-17/h1-4,6-8,12H,5,9-11,13-14H2,(H,27,31). The summed E-state index contributed by atoms with van der Waals surface area (Å²) < 4.78 is 40.8. The number of hydrazine groups is 1. The fraction of sp³-hybridized carbons (Fsp3) is 0.261. The molecule has 5 rings (SSSR count). The van der Waals surface area contributed by atoms with E-state index in [1.54, 1.807) is 6.20 Å². The van der Waals surface area contributed by atoms with Crippen LogP contribution in [0.4, 0.5) is 13.2 Å². The summed E-state index contributed by atoms with van der Waals surface area (Å²) in [5.74, 6) is -3.43. The molecule has 2 bridgehead atoms. The van der Waals surface area contributed by atoms with Crippen LogP contribution in [0.15, 0.2) is 59.9 Å². The molecule has 3 aliphatic rings. The van der Waals surface area contributed by atoms with Crippen LogP contribution >= 0.6 is 0 Å². The number of nitrogens with one attached hydrogen (secondary N) is 1. The molecule has 2 aromatic rings. The Morgan fingerprint density at radius 1 is 1.00 bits per heavy atom. The molecule has 5 nitrogen and oxygen atoms in total. The zero-order chi connectivity index (χ0) is 21.5. The smallest absolute Gasteiger partial charge is 0.249 e. The summed E-state index contributed by atoms with van der Waals surface area (Å²) in [6.07, 6.45) is 4.25. The Balaban J connectivity index is 1.33. The Labute approximate surface area is 178 Å². The predicted molar refractivity (Wildman–Crippen MR) is 108 cm³/mol. The van der Waals surface area contributed by atoms with E-state index in [0.29, 0.717) is 24.1 Å². The van der Waals surface area contributed by atoms with Gasteiger partial charge in [-0.05, 0) is 17.5 Å². The monoisotopic (exact) mass is 426 g/mol. The van der Waals surface area contributed by atoms with Crippen LogP contribution in [-0.4, -0.2) is 34.0 Å². The van der Waals surface area contributed by atoms with Crippen molar-refractivity contribution < 1.29 is 18.0 Å². The van der Waals surface area contributed by atoms with E-state index in [9.17, 15) is 18.0 Å². The van der Waals surface area contributed by atoms with Crippen molar-refractivity contribution in [1.82, 2.24) is 20.2 Å². The van der Waals surface area contributed by atoms with Gasteiger partial charge >= 0.3 is 0 Å². The lowest BCUT2D eigenvalue weighted by Crippen LogP contribution is -2.52. The van der Waals surface area contributed by atoms with Crippen LogP contribution in [0, 0.1) is 17.5 Å². The van der Waals surface area contributed by atoms with E-state index in [-0.39, 0.29) is 12.1 Å². The van der Waals surface area contributed by atoms with Crippen molar-refractivity contribution in [1.29, 1.82) is 0 Å². The zero-order valence-corrected chi connectivity index (χ0v) is 16.7. The number of hydrogen-bond donors (Lipinski definition) is 1. The van der Waals surface area contributed by atoms with E-state index in [0.717, 1.165) is 32.0 Å². The van der Waals surface area contributed by atoms with E-state index in [1.165, 1.54) is 11.1 Å². The molecule has 0 spiro atoms. The van der Waals surface area contributed by atoms with Crippen molar-refractivity contribution in [3.63, 3.8) is 0 Å². The first kappa shape index (κ1) is 19.8. The number of carbonyl (C=O) groups excluding carboxylic acids is 1. The van der Waals surface area contributed by atoms with Crippen LogP contribution in [0.2, 0.25) is 0 Å². The number of allylic oxidation sites excluding steroid dienone is 1. The van der Waals surface area contributed by atoms with E-state index in [1.807, 2.05) is 23.2 Å². The summed E-state index contributed by atoms with van der Waals surface area (Å²) in [6, 6.07) is 9.55. The minimum atomic E-state index is -1.02. The van der Waals surface area contributed by atoms with Gasteiger partial charge in [-0.15, -0.1) is 0 Å². The maximum absolute atomic E-state index is 13.9. The lowest BCUT2D eigenvalue weighted by atomic mass is 10.1. The van der Waals surface area contributed by atoms with Gasteiger partial charge in [0.15, 0.2) is 0 Å². The van der Waals surface area contributed by atoms with Crippen LogP contribution < -0.4 is 5.32 Å². The van der Waals surface area contributed by atoms with Crippen LogP contribution in [-0.2, 0) is 24.4 Å². The average molecular weight is 426 g/mol. The number of fused-ring (bicyclic) bond motifs is 5. The normalized spacial score (nSPS) is 22.0. The second-order valence-electron chi connectivity index (χ2n) is 7.99. The summed E-state index contributed by atoms with van der Waals surface area (Å²) in [4.78, 5) is 15.0. The van der Waals surface area contributed by atoms with Gasteiger partial charge in [-0.2, -0.15) is 5.01 Å². The van der Waals surface area contributed by atoms with Gasteiger partial charge in [0, 0.05) is 61.3 Å². The number of carbonyl (C=O) groups is 1. The molecule has 0 aromatic heterocycles. The number of halogens is 3.